The van der Waals surface area contributed by atoms with Gasteiger partial charge in [0.1, 0.15) is 0 Å². The lowest BCUT2D eigenvalue weighted by molar-refractivity contribution is 1.31. The van der Waals surface area contributed by atoms with Gasteiger partial charge in [-0.3, -0.25) is 0 Å². The van der Waals surface area contributed by atoms with Crippen molar-refractivity contribution in [3.63, 3.8) is 0 Å². The number of aryl methyl sites for hydroxylation is 2. The summed E-state index contributed by atoms with van der Waals surface area (Å²) in [6.07, 6.45) is 0. The smallest absolute Gasteiger partial charge is 0.0620 e. The van der Waals surface area contributed by atoms with Crippen LogP contribution in [0.25, 0.3) is 97.7 Å². The van der Waals surface area contributed by atoms with Crippen molar-refractivity contribution in [1.29, 1.82) is 0 Å². The third-order valence-corrected chi connectivity index (χ3v) is 10.3. The van der Waals surface area contributed by atoms with Crippen LogP contribution < -0.4 is 0 Å². The fourth-order valence-electron chi connectivity index (χ4n) is 8.73. The molecule has 0 saturated carbocycles. The molecule has 0 N–H and O–H groups in total. The SMILES string of the molecule is Cc1c2c3cccc4c5c6ccccc6ccc5n(c2c(C)c2c1c1cccc5c6c7ccccc7ccc6n2c15)c34. The van der Waals surface area contributed by atoms with Gasteiger partial charge in [0.2, 0.25) is 0 Å². The first kappa shape index (κ1) is 21.4. The van der Waals surface area contributed by atoms with Crippen LogP contribution in [0.3, 0.4) is 0 Å². The van der Waals surface area contributed by atoms with Crippen molar-refractivity contribution in [3.05, 3.63) is 120 Å². The van der Waals surface area contributed by atoms with Crippen molar-refractivity contribution in [2.45, 2.75) is 13.8 Å². The van der Waals surface area contributed by atoms with Gasteiger partial charge in [-0.2, -0.15) is 0 Å². The van der Waals surface area contributed by atoms with Crippen molar-refractivity contribution in [2.75, 3.05) is 0 Å². The molecule has 0 aliphatic carbocycles. The predicted octanol–water partition coefficient (Wildman–Crippen LogP) is 10.9. The Morgan fingerprint density at radius 3 is 1.21 bits per heavy atom. The summed E-state index contributed by atoms with van der Waals surface area (Å²) in [7, 11) is 0. The fraction of sp³-hybridized carbons (Fsp3) is 0.0500. The number of para-hydroxylation sites is 2. The lowest BCUT2D eigenvalue weighted by Gasteiger charge is -2.10. The quantitative estimate of drug-likeness (QED) is 0.184. The van der Waals surface area contributed by atoms with Crippen LogP contribution in [0.1, 0.15) is 11.1 Å². The Morgan fingerprint density at radius 1 is 0.333 bits per heavy atom. The predicted molar refractivity (Wildman–Crippen MR) is 180 cm³/mol. The first-order chi connectivity index (χ1) is 20.7. The molecule has 0 amide bonds. The largest absolute Gasteiger partial charge is 0.308 e. The van der Waals surface area contributed by atoms with Gasteiger partial charge in [0.05, 0.1) is 33.1 Å². The molecule has 4 heterocycles. The summed E-state index contributed by atoms with van der Waals surface area (Å²) in [6.45, 7) is 4.70. The summed E-state index contributed by atoms with van der Waals surface area (Å²) in [5.74, 6) is 0. The Balaban J connectivity index is 1.47. The highest BCUT2D eigenvalue weighted by molar-refractivity contribution is 6.34. The maximum absolute atomic E-state index is 2.58. The molecule has 0 fully saturated rings. The topological polar surface area (TPSA) is 8.82 Å². The van der Waals surface area contributed by atoms with Crippen LogP contribution >= 0.6 is 0 Å². The Hall–Kier alpha value is -5.34. The fourth-order valence-corrected chi connectivity index (χ4v) is 8.73. The summed E-state index contributed by atoms with van der Waals surface area (Å²) in [4.78, 5) is 0. The summed E-state index contributed by atoms with van der Waals surface area (Å²) >= 11 is 0. The second kappa shape index (κ2) is 6.92. The molecule has 4 aromatic heterocycles. The zero-order valence-corrected chi connectivity index (χ0v) is 23.3. The van der Waals surface area contributed by atoms with E-state index in [0.717, 1.165) is 0 Å². The van der Waals surface area contributed by atoms with Crippen LogP contribution in [0, 0.1) is 13.8 Å². The van der Waals surface area contributed by atoms with Crippen LogP contribution in [-0.4, -0.2) is 8.80 Å². The lowest BCUT2D eigenvalue weighted by Crippen LogP contribution is -1.92. The Morgan fingerprint density at radius 2 is 0.738 bits per heavy atom. The van der Waals surface area contributed by atoms with E-state index in [4.69, 9.17) is 0 Å². The van der Waals surface area contributed by atoms with Gasteiger partial charge in [-0.15, -0.1) is 0 Å². The van der Waals surface area contributed by atoms with Gasteiger partial charge in [0.15, 0.2) is 0 Å². The molecule has 0 aliphatic rings. The molecule has 0 radical (unpaired) electrons. The Kier molecular flexibility index (Phi) is 3.53. The molecule has 194 valence electrons. The first-order valence-corrected chi connectivity index (χ1v) is 14.8. The third kappa shape index (κ3) is 2.17. The summed E-state index contributed by atoms with van der Waals surface area (Å²) in [6, 6.07) is 40.7. The van der Waals surface area contributed by atoms with Crippen LogP contribution in [-0.2, 0) is 0 Å². The van der Waals surface area contributed by atoms with E-state index in [9.17, 15) is 0 Å². The molecule has 7 aromatic carbocycles. The normalized spacial score (nSPS) is 13.0. The molecule has 0 atom stereocenters. The summed E-state index contributed by atoms with van der Waals surface area (Å²) in [5.41, 5.74) is 10.7. The van der Waals surface area contributed by atoms with E-state index in [2.05, 4.69) is 132 Å². The van der Waals surface area contributed by atoms with Gasteiger partial charge in [0, 0.05) is 43.1 Å². The summed E-state index contributed by atoms with van der Waals surface area (Å²) < 4.78 is 5.15. The van der Waals surface area contributed by atoms with Crippen molar-refractivity contribution in [1.82, 2.24) is 8.80 Å². The van der Waals surface area contributed by atoms with Crippen LogP contribution in [0.2, 0.25) is 0 Å². The highest BCUT2D eigenvalue weighted by atomic mass is 14.9. The lowest BCUT2D eigenvalue weighted by atomic mass is 9.95. The van der Waals surface area contributed by atoms with Gasteiger partial charge >= 0.3 is 0 Å². The van der Waals surface area contributed by atoms with Gasteiger partial charge < -0.3 is 8.80 Å². The first-order valence-electron chi connectivity index (χ1n) is 14.8. The number of nitrogens with zero attached hydrogens (tertiary/aromatic N) is 2. The molecule has 2 nitrogen and oxygen atoms in total. The van der Waals surface area contributed by atoms with Crippen molar-refractivity contribution < 1.29 is 0 Å². The molecule has 11 rings (SSSR count). The van der Waals surface area contributed by atoms with E-state index < -0.39 is 0 Å². The zero-order valence-electron chi connectivity index (χ0n) is 23.3. The molecular formula is C40H24N2. The minimum absolute atomic E-state index is 1.29. The monoisotopic (exact) mass is 532 g/mol. The van der Waals surface area contributed by atoms with Crippen molar-refractivity contribution in [2.24, 2.45) is 0 Å². The minimum Gasteiger partial charge on any atom is -0.308 e. The molecule has 0 saturated heterocycles. The number of aromatic nitrogens is 2. The highest BCUT2D eigenvalue weighted by Gasteiger charge is 2.27. The molecular weight excluding hydrogens is 508 g/mol. The maximum Gasteiger partial charge on any atom is 0.0620 e. The number of rotatable bonds is 0. The van der Waals surface area contributed by atoms with E-state index in [-0.39, 0.29) is 0 Å². The Labute approximate surface area is 240 Å². The average Bonchev–Trinajstić information content (AvgIpc) is 3.76. The van der Waals surface area contributed by atoms with E-state index >= 15 is 0 Å². The highest BCUT2D eigenvalue weighted by Crippen LogP contribution is 2.49. The molecule has 42 heavy (non-hydrogen) atoms. The average molecular weight is 533 g/mol. The van der Waals surface area contributed by atoms with E-state index in [1.165, 1.54) is 109 Å². The minimum atomic E-state index is 1.29. The van der Waals surface area contributed by atoms with Crippen LogP contribution in [0.5, 0.6) is 0 Å². The van der Waals surface area contributed by atoms with E-state index in [1.54, 1.807) is 0 Å². The van der Waals surface area contributed by atoms with E-state index in [1.807, 2.05) is 0 Å². The Bertz CT molecular complexity index is 2770. The third-order valence-electron chi connectivity index (χ3n) is 10.3. The molecule has 0 aliphatic heterocycles. The van der Waals surface area contributed by atoms with E-state index in [0.29, 0.717) is 0 Å². The van der Waals surface area contributed by atoms with Gasteiger partial charge in [-0.05, 0) is 58.7 Å². The van der Waals surface area contributed by atoms with Crippen molar-refractivity contribution >= 4 is 97.7 Å². The maximum atomic E-state index is 2.58. The molecule has 0 unspecified atom stereocenters. The zero-order chi connectivity index (χ0) is 27.4. The second-order valence-electron chi connectivity index (χ2n) is 12.1. The number of benzene rings is 7. The van der Waals surface area contributed by atoms with Gasteiger partial charge in [-0.1, -0.05) is 97.1 Å². The number of hydrogen-bond donors (Lipinski definition) is 0. The standard InChI is InChI=1S/C40H24N2/c1-21-33-27-13-7-15-29-35-25-11-5-3-9-23(25)17-19-31(35)41(39(27)29)37(33)22(2)38-34(21)28-14-8-16-30-36-26-12-6-4-10-24(26)18-20-32(36)42(38)40(28)30/h3-20H,1-2H3. The molecule has 0 bridgehead atoms. The van der Waals surface area contributed by atoms with Gasteiger partial charge in [-0.25, -0.2) is 0 Å². The molecule has 0 spiro atoms. The van der Waals surface area contributed by atoms with Crippen LogP contribution in [0.4, 0.5) is 0 Å². The van der Waals surface area contributed by atoms with Crippen molar-refractivity contribution in [3.8, 4) is 0 Å². The number of hydrogen-bond acceptors (Lipinski definition) is 0. The second-order valence-corrected chi connectivity index (χ2v) is 12.1. The molecule has 2 heteroatoms. The van der Waals surface area contributed by atoms with Crippen LogP contribution in [0.15, 0.2) is 109 Å². The van der Waals surface area contributed by atoms with Gasteiger partial charge in [0.25, 0.3) is 0 Å². The molecule has 11 aromatic rings. The summed E-state index contributed by atoms with van der Waals surface area (Å²) in [5, 5.41) is 16.1. The number of fused-ring (bicyclic) bond motifs is 16.